The van der Waals surface area contributed by atoms with Crippen LogP contribution in [-0.4, -0.2) is 48.9 Å². The fourth-order valence-corrected chi connectivity index (χ4v) is 5.73. The van der Waals surface area contributed by atoms with Crippen LogP contribution in [0.1, 0.15) is 46.7 Å². The summed E-state index contributed by atoms with van der Waals surface area (Å²) in [6.45, 7) is 4.78. The summed E-state index contributed by atoms with van der Waals surface area (Å²) in [7, 11) is -3.96. The van der Waals surface area contributed by atoms with Gasteiger partial charge in [0.25, 0.3) is 0 Å². The molecule has 11 heteroatoms. The Hall–Kier alpha value is -2.63. The molecule has 1 heterocycles. The SMILES string of the molecule is Cc1ccc(C)c(COC2CCN(S(=O)(=O)CC(NC(=O)O)c3cccc(C(F)(F)F)c3)CC2)c1. The molecule has 7 nitrogen and oxygen atoms in total. The predicted molar refractivity (Wildman–Crippen MR) is 124 cm³/mol. The third-order valence-corrected chi connectivity index (χ3v) is 7.97. The highest BCUT2D eigenvalue weighted by Gasteiger charge is 2.34. The Kier molecular flexibility index (Phi) is 8.45. The van der Waals surface area contributed by atoms with E-state index < -0.39 is 39.7 Å². The second-order valence-corrected chi connectivity index (χ2v) is 10.8. The van der Waals surface area contributed by atoms with Gasteiger partial charge in [-0.1, -0.05) is 35.9 Å². The number of aryl methyl sites for hydroxylation is 2. The number of benzene rings is 2. The fraction of sp³-hybridized carbons (Fsp3) is 0.458. The van der Waals surface area contributed by atoms with E-state index in [-0.39, 0.29) is 24.8 Å². The standard InChI is InChI=1S/C24H29F3N2O5S/c1-16-6-7-17(2)19(12-16)14-34-21-8-10-29(11-9-21)35(32,33)15-22(28-23(30)31)18-4-3-5-20(13-18)24(25,26)27/h3-7,12-13,21-22,28H,8-11,14-15H2,1-2H3,(H,30,31). The first-order valence-corrected chi connectivity index (χ1v) is 12.8. The van der Waals surface area contributed by atoms with Gasteiger partial charge in [0.2, 0.25) is 10.0 Å². The van der Waals surface area contributed by atoms with Crippen molar-refractivity contribution in [1.82, 2.24) is 9.62 Å². The number of piperidine rings is 1. The lowest BCUT2D eigenvalue weighted by molar-refractivity contribution is -0.137. The summed E-state index contributed by atoms with van der Waals surface area (Å²) in [5.41, 5.74) is 2.26. The zero-order valence-electron chi connectivity index (χ0n) is 19.5. The van der Waals surface area contributed by atoms with Crippen molar-refractivity contribution in [2.24, 2.45) is 0 Å². The number of ether oxygens (including phenoxy) is 1. The van der Waals surface area contributed by atoms with E-state index in [0.29, 0.717) is 19.4 Å². The van der Waals surface area contributed by atoms with Crippen LogP contribution in [0, 0.1) is 13.8 Å². The smallest absolute Gasteiger partial charge is 0.416 e. The fourth-order valence-electron chi connectivity index (χ4n) is 4.06. The van der Waals surface area contributed by atoms with Gasteiger partial charge in [0.1, 0.15) is 0 Å². The van der Waals surface area contributed by atoms with Crippen LogP contribution < -0.4 is 5.32 Å². The van der Waals surface area contributed by atoms with Gasteiger partial charge in [-0.25, -0.2) is 17.5 Å². The van der Waals surface area contributed by atoms with Crippen molar-refractivity contribution >= 4 is 16.1 Å². The highest BCUT2D eigenvalue weighted by molar-refractivity contribution is 7.89. The number of halogens is 3. The Bertz CT molecular complexity index is 1150. The van der Waals surface area contributed by atoms with Crippen molar-refractivity contribution in [3.8, 4) is 0 Å². The third-order valence-electron chi connectivity index (χ3n) is 6.06. The molecule has 1 aliphatic rings. The van der Waals surface area contributed by atoms with E-state index in [0.717, 1.165) is 34.9 Å². The lowest BCUT2D eigenvalue weighted by Crippen LogP contribution is -2.44. The summed E-state index contributed by atoms with van der Waals surface area (Å²) < 4.78 is 72.6. The van der Waals surface area contributed by atoms with Gasteiger partial charge >= 0.3 is 12.3 Å². The van der Waals surface area contributed by atoms with Crippen LogP contribution in [0.2, 0.25) is 0 Å². The van der Waals surface area contributed by atoms with Crippen LogP contribution in [0.25, 0.3) is 0 Å². The van der Waals surface area contributed by atoms with Crippen LogP contribution in [0.4, 0.5) is 18.0 Å². The molecule has 0 bridgehead atoms. The minimum absolute atomic E-state index is 0.0717. The van der Waals surface area contributed by atoms with Crippen LogP contribution >= 0.6 is 0 Å². The maximum Gasteiger partial charge on any atom is 0.416 e. The molecule has 192 valence electrons. The number of hydrogen-bond acceptors (Lipinski definition) is 4. The molecule has 2 aromatic rings. The first-order chi connectivity index (χ1) is 16.3. The molecule has 0 saturated carbocycles. The van der Waals surface area contributed by atoms with Crippen molar-refractivity contribution in [2.75, 3.05) is 18.8 Å². The Labute approximate surface area is 202 Å². The summed E-state index contributed by atoms with van der Waals surface area (Å²) in [4.78, 5) is 11.2. The lowest BCUT2D eigenvalue weighted by Gasteiger charge is -2.32. The maximum atomic E-state index is 13.1. The number of sulfonamides is 1. The number of nitrogens with zero attached hydrogens (tertiary/aromatic N) is 1. The number of hydrogen-bond donors (Lipinski definition) is 2. The monoisotopic (exact) mass is 514 g/mol. The van der Waals surface area contributed by atoms with Gasteiger partial charge < -0.3 is 15.2 Å². The van der Waals surface area contributed by atoms with E-state index in [2.05, 4.69) is 6.07 Å². The third kappa shape index (κ3) is 7.42. The van der Waals surface area contributed by atoms with Crippen LogP contribution in [0.15, 0.2) is 42.5 Å². The number of nitrogens with one attached hydrogen (secondary N) is 1. The minimum Gasteiger partial charge on any atom is -0.465 e. The van der Waals surface area contributed by atoms with Gasteiger partial charge in [0.15, 0.2) is 0 Å². The summed E-state index contributed by atoms with van der Waals surface area (Å²) in [6.07, 6.45) is -5.37. The van der Waals surface area contributed by atoms with E-state index in [1.165, 1.54) is 10.4 Å². The molecule has 1 aliphatic heterocycles. The van der Waals surface area contributed by atoms with E-state index >= 15 is 0 Å². The first-order valence-electron chi connectivity index (χ1n) is 11.2. The van der Waals surface area contributed by atoms with E-state index in [1.54, 1.807) is 0 Å². The molecule has 0 spiro atoms. The molecule has 1 saturated heterocycles. The summed E-state index contributed by atoms with van der Waals surface area (Å²) in [6, 6.07) is 8.76. The number of rotatable bonds is 8. The number of amides is 1. The normalized spacial score (nSPS) is 16.7. The quantitative estimate of drug-likeness (QED) is 0.535. The summed E-state index contributed by atoms with van der Waals surface area (Å²) in [5, 5.41) is 11.2. The van der Waals surface area contributed by atoms with E-state index in [9.17, 15) is 26.4 Å². The number of carboxylic acid groups (broad SMARTS) is 1. The molecule has 1 unspecified atom stereocenters. The Morgan fingerprint density at radius 3 is 2.49 bits per heavy atom. The van der Waals surface area contributed by atoms with Crippen molar-refractivity contribution in [3.63, 3.8) is 0 Å². The van der Waals surface area contributed by atoms with Crippen LogP contribution in [-0.2, 0) is 27.5 Å². The highest BCUT2D eigenvalue weighted by atomic mass is 32.2. The second-order valence-electron chi connectivity index (χ2n) is 8.74. The average molecular weight is 515 g/mol. The molecule has 3 rings (SSSR count). The lowest BCUT2D eigenvalue weighted by atomic mass is 10.0. The Morgan fingerprint density at radius 1 is 1.17 bits per heavy atom. The predicted octanol–water partition coefficient (Wildman–Crippen LogP) is 4.64. The van der Waals surface area contributed by atoms with Crippen LogP contribution in [0.3, 0.4) is 0 Å². The molecular weight excluding hydrogens is 485 g/mol. The summed E-state index contributed by atoms with van der Waals surface area (Å²) >= 11 is 0. The molecule has 1 amide bonds. The van der Waals surface area contributed by atoms with Gasteiger partial charge in [0.05, 0.1) is 30.1 Å². The molecular formula is C24H29F3N2O5S. The number of alkyl halides is 3. The van der Waals surface area contributed by atoms with Gasteiger partial charge in [0, 0.05) is 13.1 Å². The molecule has 35 heavy (non-hydrogen) atoms. The average Bonchev–Trinajstić information content (AvgIpc) is 2.78. The summed E-state index contributed by atoms with van der Waals surface area (Å²) in [5.74, 6) is -0.686. The molecule has 0 aliphatic carbocycles. The second kappa shape index (κ2) is 11.0. The van der Waals surface area contributed by atoms with E-state index in [1.807, 2.05) is 31.3 Å². The molecule has 0 aromatic heterocycles. The highest BCUT2D eigenvalue weighted by Crippen LogP contribution is 2.31. The maximum absolute atomic E-state index is 13.1. The van der Waals surface area contributed by atoms with Gasteiger partial charge in [-0.05, 0) is 55.5 Å². The Morgan fingerprint density at radius 2 is 1.86 bits per heavy atom. The molecule has 2 N–H and O–H groups in total. The van der Waals surface area contributed by atoms with Gasteiger partial charge in [-0.15, -0.1) is 0 Å². The molecule has 1 fully saturated rings. The zero-order valence-corrected chi connectivity index (χ0v) is 20.3. The van der Waals surface area contributed by atoms with Crippen molar-refractivity contribution < 1.29 is 36.2 Å². The molecule has 2 aromatic carbocycles. The van der Waals surface area contributed by atoms with Gasteiger partial charge in [-0.2, -0.15) is 13.2 Å². The van der Waals surface area contributed by atoms with E-state index in [4.69, 9.17) is 9.84 Å². The molecule has 1 atom stereocenters. The van der Waals surface area contributed by atoms with Crippen molar-refractivity contribution in [3.05, 3.63) is 70.3 Å². The Balaban J connectivity index is 1.64. The van der Waals surface area contributed by atoms with Crippen LogP contribution in [0.5, 0.6) is 0 Å². The largest absolute Gasteiger partial charge is 0.465 e. The zero-order chi connectivity index (χ0) is 25.8. The molecule has 0 radical (unpaired) electrons. The van der Waals surface area contributed by atoms with Gasteiger partial charge in [-0.3, -0.25) is 0 Å². The van der Waals surface area contributed by atoms with Crippen molar-refractivity contribution in [2.45, 2.75) is 51.6 Å². The topological polar surface area (TPSA) is 95.9 Å². The number of carbonyl (C=O) groups is 1. The first kappa shape index (κ1) is 27.0. The minimum atomic E-state index is -4.64. The van der Waals surface area contributed by atoms with Crippen molar-refractivity contribution in [1.29, 1.82) is 0 Å².